The van der Waals surface area contributed by atoms with Crippen LogP contribution in [0, 0.1) is 56.2 Å². The maximum absolute atomic E-state index is 14.6. The van der Waals surface area contributed by atoms with Gasteiger partial charge in [0, 0.05) is 55.4 Å². The molecule has 0 heterocycles. The van der Waals surface area contributed by atoms with Crippen LogP contribution < -0.4 is 0 Å². The van der Waals surface area contributed by atoms with Crippen molar-refractivity contribution in [1.82, 2.24) is 9.80 Å². The Morgan fingerprint density at radius 2 is 1.60 bits per heavy atom. The summed E-state index contributed by atoms with van der Waals surface area (Å²) in [5.74, 6) is -0.492. The minimum absolute atomic E-state index is 0.00209. The minimum atomic E-state index is -1.18. The number of hydrogen-bond acceptors (Lipinski definition) is 8. The maximum Gasteiger partial charge on any atom is 0.309 e. The number of carboxylic acids is 1. The fraction of sp³-hybridized carbons (Fsp3) is 0.760. The number of benzene rings is 1. The SMILES string of the molecule is CC(=O)OC(CN(CCN(C)C)Cc1ccccc1Cl)C12CC[C@]3(C)[C@H](CC[C@@H]4[C@@]5(C)CC[C@H](OC(=O)CC(C)(C)C(=O)O)C(C)(C)[C@@H]5CC[C@]43C)C1=C(C(C)C)C(=O)C2. The number of allylic oxidation sites excluding steroid dienone is 1. The Hall–Kier alpha value is -2.75. The first kappa shape index (κ1) is 46.7. The van der Waals surface area contributed by atoms with E-state index >= 15 is 0 Å². The highest BCUT2D eigenvalue weighted by Crippen LogP contribution is 2.77. The molecule has 0 radical (unpaired) electrons. The van der Waals surface area contributed by atoms with Crippen LogP contribution in [-0.2, 0) is 35.2 Å². The van der Waals surface area contributed by atoms with E-state index in [9.17, 15) is 24.3 Å². The molecule has 10 heteroatoms. The van der Waals surface area contributed by atoms with Crippen molar-refractivity contribution < 1.29 is 33.8 Å². The molecule has 0 aromatic heterocycles. The number of likely N-dealkylation sites (N-methyl/N-ethyl adjacent to an activating group) is 1. The molecular formula is C50H75ClN2O7. The Morgan fingerprint density at radius 1 is 0.917 bits per heavy atom. The summed E-state index contributed by atoms with van der Waals surface area (Å²) in [6.07, 6.45) is 7.04. The van der Waals surface area contributed by atoms with Crippen molar-refractivity contribution >= 4 is 35.3 Å². The third-order valence-corrected chi connectivity index (χ3v) is 17.8. The molecule has 4 fully saturated rings. The summed E-state index contributed by atoms with van der Waals surface area (Å²) in [6.45, 7) is 23.9. The molecule has 9 nitrogen and oxygen atoms in total. The molecule has 1 aromatic carbocycles. The molecule has 9 atom stereocenters. The number of carbonyl (C=O) groups excluding carboxylic acids is 3. The van der Waals surface area contributed by atoms with Crippen molar-refractivity contribution in [3.8, 4) is 0 Å². The van der Waals surface area contributed by atoms with Crippen LogP contribution in [0.1, 0.15) is 139 Å². The quantitative estimate of drug-likeness (QED) is 0.183. The fourth-order valence-corrected chi connectivity index (χ4v) is 14.3. The molecule has 0 spiro atoms. The Bertz CT molecular complexity index is 1870. The average molecular weight is 852 g/mol. The Balaban J connectivity index is 1.34. The van der Waals surface area contributed by atoms with E-state index in [1.807, 2.05) is 18.2 Å². The van der Waals surface area contributed by atoms with Crippen LogP contribution in [0.4, 0.5) is 0 Å². The third kappa shape index (κ3) is 8.04. The van der Waals surface area contributed by atoms with Crippen molar-refractivity contribution in [3.05, 3.63) is 46.0 Å². The Morgan fingerprint density at radius 3 is 2.22 bits per heavy atom. The summed E-state index contributed by atoms with van der Waals surface area (Å²) in [5.41, 5.74) is 1.21. The van der Waals surface area contributed by atoms with Crippen molar-refractivity contribution in [3.63, 3.8) is 0 Å². The molecule has 0 amide bonds. The number of esters is 2. The molecule has 60 heavy (non-hydrogen) atoms. The lowest BCUT2D eigenvalue weighted by Gasteiger charge is -2.72. The van der Waals surface area contributed by atoms with Gasteiger partial charge in [0.15, 0.2) is 5.78 Å². The molecule has 0 aliphatic heterocycles. The normalized spacial score (nSPS) is 34.2. The lowest BCUT2D eigenvalue weighted by molar-refractivity contribution is -0.235. The molecule has 4 saturated carbocycles. The molecule has 1 aromatic rings. The van der Waals surface area contributed by atoms with Gasteiger partial charge in [-0.05, 0) is 142 Å². The molecular weight excluding hydrogens is 776 g/mol. The lowest BCUT2D eigenvalue weighted by Crippen LogP contribution is -2.66. The van der Waals surface area contributed by atoms with Gasteiger partial charge in [0.1, 0.15) is 12.2 Å². The largest absolute Gasteiger partial charge is 0.481 e. The Kier molecular flexibility index (Phi) is 13.0. The molecule has 334 valence electrons. The smallest absolute Gasteiger partial charge is 0.309 e. The van der Waals surface area contributed by atoms with Crippen LogP contribution >= 0.6 is 11.6 Å². The molecule has 5 aliphatic carbocycles. The zero-order valence-electron chi connectivity index (χ0n) is 38.8. The zero-order chi connectivity index (χ0) is 44.4. The van der Waals surface area contributed by atoms with Crippen LogP contribution in [0.15, 0.2) is 35.4 Å². The Labute approximate surface area is 365 Å². The first-order valence-corrected chi connectivity index (χ1v) is 23.2. The van der Waals surface area contributed by atoms with E-state index < -0.39 is 28.9 Å². The van der Waals surface area contributed by atoms with Crippen LogP contribution in [0.25, 0.3) is 0 Å². The van der Waals surface area contributed by atoms with E-state index in [1.54, 1.807) is 13.8 Å². The van der Waals surface area contributed by atoms with Gasteiger partial charge in [-0.2, -0.15) is 0 Å². The first-order chi connectivity index (χ1) is 27.8. The summed E-state index contributed by atoms with van der Waals surface area (Å²) in [6, 6.07) is 7.95. The minimum Gasteiger partial charge on any atom is -0.481 e. The van der Waals surface area contributed by atoms with Crippen molar-refractivity contribution in [2.75, 3.05) is 33.7 Å². The highest BCUT2D eigenvalue weighted by Gasteiger charge is 2.71. The van der Waals surface area contributed by atoms with E-state index in [0.29, 0.717) is 36.4 Å². The van der Waals surface area contributed by atoms with Crippen LogP contribution in [0.3, 0.4) is 0 Å². The summed E-state index contributed by atoms with van der Waals surface area (Å²) in [7, 11) is 4.14. The predicted molar refractivity (Wildman–Crippen MR) is 236 cm³/mol. The van der Waals surface area contributed by atoms with Gasteiger partial charge in [-0.25, -0.2) is 0 Å². The number of hydrogen-bond donors (Lipinski definition) is 1. The summed E-state index contributed by atoms with van der Waals surface area (Å²) in [4.78, 5) is 57.4. The van der Waals surface area contributed by atoms with Gasteiger partial charge in [0.25, 0.3) is 0 Å². The van der Waals surface area contributed by atoms with E-state index in [2.05, 4.69) is 78.4 Å². The number of ether oxygens (including phenoxy) is 2. The van der Waals surface area contributed by atoms with E-state index in [-0.39, 0.29) is 57.8 Å². The topological polar surface area (TPSA) is 113 Å². The van der Waals surface area contributed by atoms with Gasteiger partial charge in [-0.15, -0.1) is 0 Å². The van der Waals surface area contributed by atoms with E-state index in [4.69, 9.17) is 21.1 Å². The van der Waals surface area contributed by atoms with Crippen LogP contribution in [0.5, 0.6) is 0 Å². The summed E-state index contributed by atoms with van der Waals surface area (Å²) in [5, 5.41) is 10.4. The molecule has 6 rings (SSSR count). The van der Waals surface area contributed by atoms with Crippen LogP contribution in [0.2, 0.25) is 5.02 Å². The molecule has 5 aliphatic rings. The number of aliphatic carboxylic acids is 1. The number of rotatable bonds is 14. The predicted octanol–water partition coefficient (Wildman–Crippen LogP) is 10.0. The highest BCUT2D eigenvalue weighted by atomic mass is 35.5. The number of carbonyl (C=O) groups is 4. The van der Waals surface area contributed by atoms with Gasteiger partial charge in [0.05, 0.1) is 11.8 Å². The summed E-state index contributed by atoms with van der Waals surface area (Å²) < 4.78 is 12.7. The van der Waals surface area contributed by atoms with Gasteiger partial charge >= 0.3 is 17.9 Å². The number of nitrogens with zero attached hydrogens (tertiary/aromatic N) is 2. The molecule has 2 unspecified atom stereocenters. The van der Waals surface area contributed by atoms with Crippen molar-refractivity contribution in [1.29, 1.82) is 0 Å². The van der Waals surface area contributed by atoms with Gasteiger partial charge in [0.2, 0.25) is 0 Å². The number of halogens is 1. The summed E-state index contributed by atoms with van der Waals surface area (Å²) >= 11 is 6.74. The van der Waals surface area contributed by atoms with E-state index in [0.717, 1.165) is 75.6 Å². The number of carboxylic acid groups (broad SMARTS) is 1. The monoisotopic (exact) mass is 851 g/mol. The average Bonchev–Trinajstić information content (AvgIpc) is 3.45. The third-order valence-electron chi connectivity index (χ3n) is 17.4. The van der Waals surface area contributed by atoms with Gasteiger partial charge in [-0.1, -0.05) is 78.3 Å². The lowest BCUT2D eigenvalue weighted by atomic mass is 9.33. The second-order valence-corrected chi connectivity index (χ2v) is 22.7. The maximum atomic E-state index is 14.6. The highest BCUT2D eigenvalue weighted by molar-refractivity contribution is 6.31. The van der Waals surface area contributed by atoms with Gasteiger partial charge in [-0.3, -0.25) is 24.1 Å². The molecule has 0 saturated heterocycles. The van der Waals surface area contributed by atoms with Crippen molar-refractivity contribution in [2.45, 2.75) is 152 Å². The fourth-order valence-electron chi connectivity index (χ4n) is 14.1. The number of ketones is 1. The molecule has 0 bridgehead atoms. The van der Waals surface area contributed by atoms with Gasteiger partial charge < -0.3 is 19.5 Å². The number of fused-ring (bicyclic) bond motifs is 7. The molecule has 1 N–H and O–H groups in total. The zero-order valence-corrected chi connectivity index (χ0v) is 39.6. The van der Waals surface area contributed by atoms with Crippen molar-refractivity contribution in [2.24, 2.45) is 56.2 Å². The number of Topliss-reactive ketones (excluding diaryl/α,β-unsaturated/α-hetero) is 1. The standard InChI is InChI=1S/C50H75ClN2O7/c1-31(2)42-36(55)27-50(40(59-32(3)54)30-53(26-25-52(11)12)29-33-15-13-14-16-35(33)51)24-23-48(9)34(43(42)50)17-18-38-47(8)21-20-39(60-41(56)28-45(4,5)44(57)58)46(6,7)37(47)19-22-49(38,48)10/h13-16,31,34,37-40H,17-30H2,1-12H3,(H,57,58)/t34-,37+,38-,39+,40?,47+,48-,49-,50?/m1/s1. The van der Waals surface area contributed by atoms with E-state index in [1.165, 1.54) is 12.5 Å². The second-order valence-electron chi connectivity index (χ2n) is 22.3. The second kappa shape index (κ2) is 16.7. The first-order valence-electron chi connectivity index (χ1n) is 22.8. The van der Waals surface area contributed by atoms with Crippen LogP contribution in [-0.4, -0.2) is 84.5 Å².